The quantitative estimate of drug-likeness (QED) is 0.539. The predicted octanol–water partition coefficient (Wildman–Crippen LogP) is 4.13. The number of azo groups is 1. The van der Waals surface area contributed by atoms with Crippen LogP contribution in [0, 0.1) is 0 Å². The Morgan fingerprint density at radius 2 is 1.44 bits per heavy atom. The third kappa shape index (κ3) is 5.90. The number of nitrogens with zero attached hydrogens (tertiary/aromatic N) is 2. The fraction of sp³-hybridized carbons (Fsp3) is 0.818. The molecule has 0 saturated heterocycles. The first kappa shape index (κ1) is 16.8. The molecule has 0 rings (SSSR count). The molecule has 0 atom stereocenters. The van der Waals surface area contributed by atoms with E-state index in [-0.39, 0.29) is 6.61 Å². The normalized spacial score (nSPS) is 11.6. The molecule has 0 saturated carbocycles. The van der Waals surface area contributed by atoms with E-state index in [1.165, 1.54) is 0 Å². The van der Waals surface area contributed by atoms with Gasteiger partial charge in [0.2, 0.25) is 0 Å². The molecule has 0 fully saturated rings. The summed E-state index contributed by atoms with van der Waals surface area (Å²) in [4.78, 5) is 22.5. The summed E-state index contributed by atoms with van der Waals surface area (Å²) < 4.78 is 10.0. The Hall–Kier alpha value is -1.24. The SMILES string of the molecule is CCCOC(=O)N=NC(=O)O[Si](CC)(CC)CC. The van der Waals surface area contributed by atoms with E-state index in [2.05, 4.69) is 15.0 Å². The van der Waals surface area contributed by atoms with E-state index in [0.29, 0.717) is 6.42 Å². The summed E-state index contributed by atoms with van der Waals surface area (Å²) >= 11 is 0. The largest absolute Gasteiger partial charge is 0.501 e. The van der Waals surface area contributed by atoms with Gasteiger partial charge in [-0.15, -0.1) is 0 Å². The molecule has 0 aliphatic carbocycles. The average Bonchev–Trinajstić information content (AvgIpc) is 2.40. The average molecular weight is 274 g/mol. The molecular weight excluding hydrogens is 252 g/mol. The number of amides is 2. The van der Waals surface area contributed by atoms with E-state index in [1.807, 2.05) is 27.7 Å². The highest BCUT2D eigenvalue weighted by Gasteiger charge is 2.32. The molecule has 0 N–H and O–H groups in total. The molecule has 0 aromatic carbocycles. The number of carbonyl (C=O) groups is 2. The zero-order chi connectivity index (χ0) is 14.0. The van der Waals surface area contributed by atoms with Crippen LogP contribution in [0.25, 0.3) is 0 Å². The van der Waals surface area contributed by atoms with Crippen molar-refractivity contribution in [2.75, 3.05) is 6.61 Å². The van der Waals surface area contributed by atoms with Gasteiger partial charge in [0.25, 0.3) is 8.32 Å². The second kappa shape index (κ2) is 8.79. The Morgan fingerprint density at radius 3 is 1.89 bits per heavy atom. The Morgan fingerprint density at radius 1 is 0.944 bits per heavy atom. The summed E-state index contributed by atoms with van der Waals surface area (Å²) in [6.45, 7) is 8.13. The van der Waals surface area contributed by atoms with Gasteiger partial charge in [-0.05, 0) is 24.6 Å². The lowest BCUT2D eigenvalue weighted by atomic mass is 10.5. The molecule has 6 nitrogen and oxygen atoms in total. The van der Waals surface area contributed by atoms with E-state index in [1.54, 1.807) is 0 Å². The van der Waals surface area contributed by atoms with Gasteiger partial charge >= 0.3 is 12.2 Å². The lowest BCUT2D eigenvalue weighted by molar-refractivity contribution is 0.154. The Labute approximate surface area is 109 Å². The van der Waals surface area contributed by atoms with E-state index in [4.69, 9.17) is 4.43 Å². The van der Waals surface area contributed by atoms with Gasteiger partial charge in [-0.2, -0.15) is 0 Å². The van der Waals surface area contributed by atoms with Crippen molar-refractivity contribution in [1.29, 1.82) is 0 Å². The van der Waals surface area contributed by atoms with Crippen molar-refractivity contribution in [3.05, 3.63) is 0 Å². The van der Waals surface area contributed by atoms with Crippen LogP contribution in [0.2, 0.25) is 18.1 Å². The summed E-state index contributed by atoms with van der Waals surface area (Å²) in [6, 6.07) is 2.50. The van der Waals surface area contributed by atoms with Crippen molar-refractivity contribution >= 4 is 20.5 Å². The molecule has 7 heteroatoms. The number of carbonyl (C=O) groups excluding carboxylic acids is 2. The van der Waals surface area contributed by atoms with E-state index < -0.39 is 20.5 Å². The molecule has 104 valence electrons. The van der Waals surface area contributed by atoms with Crippen molar-refractivity contribution < 1.29 is 18.8 Å². The van der Waals surface area contributed by atoms with Gasteiger partial charge in [0.15, 0.2) is 0 Å². The standard InChI is InChI=1S/C11H22N2O4Si/c1-5-9-16-10(14)12-13-11(15)17-18(6-2,7-3)8-4/h5-9H2,1-4H3. The monoisotopic (exact) mass is 274 g/mol. The number of ether oxygens (including phenoxy) is 1. The maximum Gasteiger partial charge on any atom is 0.452 e. The van der Waals surface area contributed by atoms with Gasteiger partial charge in [-0.25, -0.2) is 9.59 Å². The highest BCUT2D eigenvalue weighted by molar-refractivity contribution is 6.74. The van der Waals surface area contributed by atoms with Crippen molar-refractivity contribution in [2.24, 2.45) is 10.2 Å². The molecule has 2 amide bonds. The summed E-state index contributed by atoms with van der Waals surface area (Å²) in [7, 11) is -2.03. The fourth-order valence-corrected chi connectivity index (χ4v) is 3.82. The van der Waals surface area contributed by atoms with E-state index >= 15 is 0 Å². The molecule has 0 aliphatic rings. The molecule has 0 spiro atoms. The van der Waals surface area contributed by atoms with Crippen LogP contribution in [-0.4, -0.2) is 27.1 Å². The first-order valence-corrected chi connectivity index (χ1v) is 8.88. The van der Waals surface area contributed by atoms with Gasteiger partial charge in [-0.3, -0.25) is 0 Å². The first-order valence-electron chi connectivity index (χ1n) is 6.35. The fourth-order valence-electron chi connectivity index (χ4n) is 1.47. The van der Waals surface area contributed by atoms with Gasteiger partial charge in [0, 0.05) is 0 Å². The third-order valence-corrected chi connectivity index (χ3v) is 7.35. The van der Waals surface area contributed by atoms with Crippen molar-refractivity contribution in [1.82, 2.24) is 0 Å². The minimum atomic E-state index is -2.03. The van der Waals surface area contributed by atoms with Crippen LogP contribution < -0.4 is 0 Å². The maximum atomic E-state index is 11.5. The van der Waals surface area contributed by atoms with Crippen LogP contribution >= 0.6 is 0 Å². The van der Waals surface area contributed by atoms with Gasteiger partial charge in [0.05, 0.1) is 6.61 Å². The molecular formula is C11H22N2O4Si. The zero-order valence-electron chi connectivity index (χ0n) is 11.6. The number of hydrogen-bond acceptors (Lipinski definition) is 4. The molecule has 0 aromatic rings. The predicted molar refractivity (Wildman–Crippen MR) is 70.2 cm³/mol. The van der Waals surface area contributed by atoms with Crippen LogP contribution in [0.4, 0.5) is 9.59 Å². The van der Waals surface area contributed by atoms with E-state index in [9.17, 15) is 9.59 Å². The zero-order valence-corrected chi connectivity index (χ0v) is 12.6. The van der Waals surface area contributed by atoms with Crippen LogP contribution in [0.15, 0.2) is 10.2 Å². The molecule has 0 aliphatic heterocycles. The van der Waals surface area contributed by atoms with Crippen LogP contribution in [-0.2, 0) is 9.16 Å². The molecule has 0 radical (unpaired) electrons. The molecule has 0 heterocycles. The summed E-state index contributed by atoms with van der Waals surface area (Å²) in [5, 5.41) is 6.39. The summed E-state index contributed by atoms with van der Waals surface area (Å²) in [6.07, 6.45) is -0.949. The minimum absolute atomic E-state index is 0.268. The van der Waals surface area contributed by atoms with E-state index in [0.717, 1.165) is 18.1 Å². The Balaban J connectivity index is 4.32. The lowest BCUT2D eigenvalue weighted by Gasteiger charge is -2.25. The number of hydrogen-bond donors (Lipinski definition) is 0. The van der Waals surface area contributed by atoms with Crippen LogP contribution in [0.5, 0.6) is 0 Å². The first-order chi connectivity index (χ1) is 8.53. The van der Waals surface area contributed by atoms with Gasteiger partial charge in [0.1, 0.15) is 0 Å². The molecule has 0 bridgehead atoms. The van der Waals surface area contributed by atoms with Crippen molar-refractivity contribution in [3.63, 3.8) is 0 Å². The summed E-state index contributed by atoms with van der Waals surface area (Å²) in [5.41, 5.74) is 0. The smallest absolute Gasteiger partial charge is 0.452 e. The van der Waals surface area contributed by atoms with Gasteiger partial charge < -0.3 is 9.16 Å². The third-order valence-electron chi connectivity index (χ3n) is 2.88. The molecule has 0 aromatic heterocycles. The summed E-state index contributed by atoms with van der Waals surface area (Å²) in [5.74, 6) is 0. The maximum absolute atomic E-state index is 11.5. The Bertz CT molecular complexity index is 295. The minimum Gasteiger partial charge on any atom is -0.501 e. The second-order valence-corrected chi connectivity index (χ2v) is 8.62. The second-order valence-electron chi connectivity index (χ2n) is 3.93. The van der Waals surface area contributed by atoms with Crippen LogP contribution in [0.3, 0.4) is 0 Å². The van der Waals surface area contributed by atoms with Gasteiger partial charge in [-0.1, -0.05) is 37.9 Å². The topological polar surface area (TPSA) is 77.3 Å². The van der Waals surface area contributed by atoms with Crippen LogP contribution in [0.1, 0.15) is 34.1 Å². The molecule has 18 heavy (non-hydrogen) atoms. The number of rotatable bonds is 6. The highest BCUT2D eigenvalue weighted by atomic mass is 28.4. The van der Waals surface area contributed by atoms with Crippen molar-refractivity contribution in [2.45, 2.75) is 52.2 Å². The highest BCUT2D eigenvalue weighted by Crippen LogP contribution is 2.22. The molecule has 0 unspecified atom stereocenters. The Kier molecular flexibility index (Phi) is 8.18. The lowest BCUT2D eigenvalue weighted by Crippen LogP contribution is -2.37. The van der Waals surface area contributed by atoms with Crippen molar-refractivity contribution in [3.8, 4) is 0 Å².